The number of halogens is 2. The summed E-state index contributed by atoms with van der Waals surface area (Å²) in [5.74, 6) is -1.26. The molecule has 0 amide bonds. The van der Waals surface area contributed by atoms with E-state index in [4.69, 9.17) is 5.11 Å². The second kappa shape index (κ2) is 6.05. The molecule has 104 valence electrons. The van der Waals surface area contributed by atoms with Gasteiger partial charge in [-0.1, -0.05) is 12.1 Å². The van der Waals surface area contributed by atoms with Crippen molar-refractivity contribution in [3.8, 4) is 0 Å². The summed E-state index contributed by atoms with van der Waals surface area (Å²) in [6.07, 6.45) is 0. The van der Waals surface area contributed by atoms with E-state index >= 15 is 0 Å². The Bertz CT molecular complexity index is 646. The lowest BCUT2D eigenvalue weighted by Gasteiger charge is -2.17. The SMILES string of the molecule is CC(Nc1ccc(C(=O)O)cc1Br)c1cccc(F)c1. The Hall–Kier alpha value is -1.88. The zero-order chi connectivity index (χ0) is 14.7. The summed E-state index contributed by atoms with van der Waals surface area (Å²) in [6, 6.07) is 11.0. The van der Waals surface area contributed by atoms with Crippen LogP contribution in [-0.2, 0) is 0 Å². The topological polar surface area (TPSA) is 49.3 Å². The first-order valence-corrected chi connectivity index (χ1v) is 6.81. The van der Waals surface area contributed by atoms with E-state index in [1.807, 2.05) is 13.0 Å². The standard InChI is InChI=1S/C15H13BrFNO2/c1-9(10-3-2-4-12(17)7-10)18-14-6-5-11(15(19)20)8-13(14)16/h2-9,18H,1H3,(H,19,20). The van der Waals surface area contributed by atoms with Gasteiger partial charge in [-0.15, -0.1) is 0 Å². The maximum atomic E-state index is 13.2. The van der Waals surface area contributed by atoms with Gasteiger partial charge in [0, 0.05) is 16.2 Å². The molecule has 2 rings (SSSR count). The molecule has 0 heterocycles. The average Bonchev–Trinajstić information content (AvgIpc) is 2.40. The lowest BCUT2D eigenvalue weighted by Crippen LogP contribution is -2.08. The minimum atomic E-state index is -0.976. The van der Waals surface area contributed by atoms with Crippen molar-refractivity contribution >= 4 is 27.6 Å². The number of anilines is 1. The fourth-order valence-electron chi connectivity index (χ4n) is 1.86. The van der Waals surface area contributed by atoms with Crippen LogP contribution >= 0.6 is 15.9 Å². The van der Waals surface area contributed by atoms with Crippen LogP contribution < -0.4 is 5.32 Å². The van der Waals surface area contributed by atoms with Gasteiger partial charge in [-0.25, -0.2) is 9.18 Å². The molecule has 0 radical (unpaired) electrons. The van der Waals surface area contributed by atoms with Crippen LogP contribution in [0.3, 0.4) is 0 Å². The van der Waals surface area contributed by atoms with Gasteiger partial charge in [0.1, 0.15) is 5.82 Å². The van der Waals surface area contributed by atoms with E-state index in [1.165, 1.54) is 24.3 Å². The Kier molecular flexibility index (Phi) is 4.39. The first-order chi connectivity index (χ1) is 9.47. The predicted molar refractivity (Wildman–Crippen MR) is 79.5 cm³/mol. The van der Waals surface area contributed by atoms with E-state index in [-0.39, 0.29) is 17.4 Å². The fraction of sp³-hybridized carbons (Fsp3) is 0.133. The first-order valence-electron chi connectivity index (χ1n) is 6.02. The molecule has 0 saturated carbocycles. The van der Waals surface area contributed by atoms with Crippen LogP contribution in [0, 0.1) is 5.82 Å². The second-order valence-corrected chi connectivity index (χ2v) is 5.28. The lowest BCUT2D eigenvalue weighted by atomic mass is 10.1. The highest BCUT2D eigenvalue weighted by atomic mass is 79.9. The average molecular weight is 338 g/mol. The minimum absolute atomic E-state index is 0.0994. The predicted octanol–water partition coefficient (Wildman–Crippen LogP) is 4.46. The summed E-state index contributed by atoms with van der Waals surface area (Å²) in [5.41, 5.74) is 1.78. The molecule has 0 aliphatic carbocycles. The van der Waals surface area contributed by atoms with E-state index in [1.54, 1.807) is 12.1 Å². The second-order valence-electron chi connectivity index (χ2n) is 4.42. The van der Waals surface area contributed by atoms with Gasteiger partial charge in [0.15, 0.2) is 0 Å². The number of carboxylic acids is 1. The molecule has 1 atom stereocenters. The molecule has 0 bridgehead atoms. The molecular weight excluding hydrogens is 325 g/mol. The normalized spacial score (nSPS) is 11.9. The van der Waals surface area contributed by atoms with Crippen molar-refractivity contribution in [2.45, 2.75) is 13.0 Å². The molecule has 2 aromatic rings. The van der Waals surface area contributed by atoms with Gasteiger partial charge in [-0.3, -0.25) is 0 Å². The number of hydrogen-bond acceptors (Lipinski definition) is 2. The number of aromatic carboxylic acids is 1. The molecule has 0 spiro atoms. The van der Waals surface area contributed by atoms with Gasteiger partial charge in [-0.05, 0) is 58.7 Å². The van der Waals surface area contributed by atoms with E-state index < -0.39 is 5.97 Å². The molecule has 0 aliphatic heterocycles. The number of hydrogen-bond donors (Lipinski definition) is 2. The molecule has 2 N–H and O–H groups in total. The van der Waals surface area contributed by atoms with Gasteiger partial charge in [0.05, 0.1) is 5.56 Å². The smallest absolute Gasteiger partial charge is 0.335 e. The van der Waals surface area contributed by atoms with Crippen molar-refractivity contribution < 1.29 is 14.3 Å². The summed E-state index contributed by atoms with van der Waals surface area (Å²) < 4.78 is 13.8. The van der Waals surface area contributed by atoms with Crippen LogP contribution in [-0.4, -0.2) is 11.1 Å². The third kappa shape index (κ3) is 3.36. The van der Waals surface area contributed by atoms with Gasteiger partial charge >= 0.3 is 5.97 Å². The monoisotopic (exact) mass is 337 g/mol. The van der Waals surface area contributed by atoms with Crippen molar-refractivity contribution in [2.24, 2.45) is 0 Å². The molecule has 0 saturated heterocycles. The summed E-state index contributed by atoms with van der Waals surface area (Å²) in [7, 11) is 0. The quantitative estimate of drug-likeness (QED) is 0.865. The van der Waals surface area contributed by atoms with Crippen molar-refractivity contribution in [3.63, 3.8) is 0 Å². The zero-order valence-corrected chi connectivity index (χ0v) is 12.3. The minimum Gasteiger partial charge on any atom is -0.478 e. The van der Waals surface area contributed by atoms with Gasteiger partial charge in [0.2, 0.25) is 0 Å². The molecule has 3 nitrogen and oxygen atoms in total. The van der Waals surface area contributed by atoms with E-state index in [2.05, 4.69) is 21.2 Å². The number of benzene rings is 2. The number of rotatable bonds is 4. The van der Waals surface area contributed by atoms with Crippen LogP contribution in [0.25, 0.3) is 0 Å². The highest BCUT2D eigenvalue weighted by Gasteiger charge is 2.10. The van der Waals surface area contributed by atoms with Crippen LogP contribution in [0.1, 0.15) is 28.9 Å². The van der Waals surface area contributed by atoms with Crippen LogP contribution in [0.15, 0.2) is 46.9 Å². The first kappa shape index (κ1) is 14.5. The summed E-state index contributed by atoms with van der Waals surface area (Å²) in [5, 5.41) is 12.1. The Morgan fingerprint density at radius 1 is 1.30 bits per heavy atom. The number of carbonyl (C=O) groups is 1. The lowest BCUT2D eigenvalue weighted by molar-refractivity contribution is 0.0697. The van der Waals surface area contributed by atoms with Crippen LogP contribution in [0.4, 0.5) is 10.1 Å². The zero-order valence-electron chi connectivity index (χ0n) is 10.7. The molecule has 2 aromatic carbocycles. The number of nitrogens with one attached hydrogen (secondary N) is 1. The van der Waals surface area contributed by atoms with Gasteiger partial charge in [-0.2, -0.15) is 0 Å². The summed E-state index contributed by atoms with van der Waals surface area (Å²) in [4.78, 5) is 10.9. The largest absolute Gasteiger partial charge is 0.478 e. The van der Waals surface area contributed by atoms with Crippen molar-refractivity contribution in [3.05, 3.63) is 63.9 Å². The maximum absolute atomic E-state index is 13.2. The molecule has 0 aromatic heterocycles. The highest BCUT2D eigenvalue weighted by molar-refractivity contribution is 9.10. The van der Waals surface area contributed by atoms with Gasteiger partial charge in [0.25, 0.3) is 0 Å². The molecule has 0 aliphatic rings. The molecule has 20 heavy (non-hydrogen) atoms. The van der Waals surface area contributed by atoms with E-state index in [0.717, 1.165) is 11.3 Å². The van der Waals surface area contributed by atoms with Crippen molar-refractivity contribution in [2.75, 3.05) is 5.32 Å². The third-order valence-corrected chi connectivity index (χ3v) is 3.59. The Labute approximate surface area is 124 Å². The number of carboxylic acid groups (broad SMARTS) is 1. The fourth-order valence-corrected chi connectivity index (χ4v) is 2.35. The molecule has 5 heteroatoms. The summed E-state index contributed by atoms with van der Waals surface area (Å²) >= 11 is 3.33. The van der Waals surface area contributed by atoms with Crippen LogP contribution in [0.5, 0.6) is 0 Å². The third-order valence-electron chi connectivity index (χ3n) is 2.94. The van der Waals surface area contributed by atoms with Crippen molar-refractivity contribution in [1.29, 1.82) is 0 Å². The summed E-state index contributed by atoms with van der Waals surface area (Å²) in [6.45, 7) is 1.91. The van der Waals surface area contributed by atoms with Gasteiger partial charge < -0.3 is 10.4 Å². The molecular formula is C15H13BrFNO2. The van der Waals surface area contributed by atoms with E-state index in [0.29, 0.717) is 4.47 Å². The molecule has 1 unspecified atom stereocenters. The van der Waals surface area contributed by atoms with Crippen molar-refractivity contribution in [1.82, 2.24) is 0 Å². The highest BCUT2D eigenvalue weighted by Crippen LogP contribution is 2.27. The maximum Gasteiger partial charge on any atom is 0.335 e. The Morgan fingerprint density at radius 2 is 2.05 bits per heavy atom. The van der Waals surface area contributed by atoms with E-state index in [9.17, 15) is 9.18 Å². The Balaban J connectivity index is 2.19. The van der Waals surface area contributed by atoms with Crippen LogP contribution in [0.2, 0.25) is 0 Å². The molecule has 0 fully saturated rings. The Morgan fingerprint density at radius 3 is 2.65 bits per heavy atom.